The van der Waals surface area contributed by atoms with Gasteiger partial charge in [-0.25, -0.2) is 0 Å². The Labute approximate surface area is 75.4 Å². The van der Waals surface area contributed by atoms with Gasteiger partial charge in [0.1, 0.15) is 5.68 Å². The van der Waals surface area contributed by atoms with E-state index >= 15 is 0 Å². The van der Waals surface area contributed by atoms with E-state index < -0.39 is 0 Å². The van der Waals surface area contributed by atoms with Gasteiger partial charge in [-0.1, -0.05) is 18.2 Å². The van der Waals surface area contributed by atoms with Crippen molar-refractivity contribution in [2.45, 2.75) is 0 Å². The van der Waals surface area contributed by atoms with Gasteiger partial charge in [0, 0.05) is 21.0 Å². The zero-order valence-corrected chi connectivity index (χ0v) is 7.52. The van der Waals surface area contributed by atoms with Crippen LogP contribution in [0, 0.1) is 0 Å². The van der Waals surface area contributed by atoms with Crippen LogP contribution in [0.25, 0.3) is 10.1 Å². The Hall–Kier alpha value is -1.09. The van der Waals surface area contributed by atoms with E-state index in [9.17, 15) is 4.79 Å². The summed E-state index contributed by atoms with van der Waals surface area (Å²) in [5.74, 6) is 0. The summed E-state index contributed by atoms with van der Waals surface area (Å²) in [6, 6.07) is 7.97. The van der Waals surface area contributed by atoms with Gasteiger partial charge in [0.05, 0.1) is 0 Å². The maximum Gasteiger partial charge on any atom is 0.193 e. The molecule has 0 bridgehead atoms. The lowest BCUT2D eigenvalue weighted by molar-refractivity contribution is 0.108. The third-order valence-electron chi connectivity index (χ3n) is 1.86. The van der Waals surface area contributed by atoms with Crippen LogP contribution < -0.4 is 0 Å². The van der Waals surface area contributed by atoms with Crippen molar-refractivity contribution in [3.63, 3.8) is 0 Å². The number of rotatable bonds is 1. The van der Waals surface area contributed by atoms with Gasteiger partial charge in [-0.05, 0) is 6.07 Å². The molecular weight excluding hydrogens is 167 g/mol. The highest BCUT2D eigenvalue weighted by Crippen LogP contribution is 2.25. The first-order valence-corrected chi connectivity index (χ1v) is 4.64. The first kappa shape index (κ1) is 7.56. The predicted octanol–water partition coefficient (Wildman–Crippen LogP) is 1.67. The average molecular weight is 174 g/mol. The normalized spacial score (nSPS) is 10.3. The van der Waals surface area contributed by atoms with Crippen LogP contribution in [0.1, 0.15) is 10.4 Å². The van der Waals surface area contributed by atoms with Crippen molar-refractivity contribution >= 4 is 35.0 Å². The third kappa shape index (κ3) is 1.06. The fourth-order valence-electron chi connectivity index (χ4n) is 1.25. The Kier molecular flexibility index (Phi) is 1.73. The Bertz CT molecular complexity index is 433. The minimum absolute atomic E-state index is 0.146. The molecule has 0 N–H and O–H groups in total. The molecule has 0 spiro atoms. The first-order valence-electron chi connectivity index (χ1n) is 3.76. The number of thiophene rings is 1. The van der Waals surface area contributed by atoms with Gasteiger partial charge in [0.25, 0.3) is 0 Å². The highest BCUT2D eigenvalue weighted by Gasteiger charge is 2.05. The van der Waals surface area contributed by atoms with Crippen molar-refractivity contribution in [2.24, 2.45) is 0 Å². The molecule has 1 aromatic carbocycles. The van der Waals surface area contributed by atoms with Crippen molar-refractivity contribution in [3.05, 3.63) is 35.2 Å². The van der Waals surface area contributed by atoms with Crippen LogP contribution in [0.15, 0.2) is 29.6 Å². The minimum atomic E-state index is 0.146. The van der Waals surface area contributed by atoms with Crippen LogP contribution in [0.2, 0.25) is 0 Å². The summed E-state index contributed by atoms with van der Waals surface area (Å²) in [6.07, 6.45) is 0. The van der Waals surface area contributed by atoms with E-state index in [0.717, 1.165) is 10.9 Å². The van der Waals surface area contributed by atoms with Gasteiger partial charge in [-0.2, -0.15) is 0 Å². The van der Waals surface area contributed by atoms with Crippen LogP contribution in [0.4, 0.5) is 0 Å². The maximum atomic E-state index is 11.1. The second-order valence-corrected chi connectivity index (χ2v) is 3.61. The van der Waals surface area contributed by atoms with Crippen molar-refractivity contribution in [1.82, 2.24) is 0 Å². The molecule has 0 aliphatic rings. The fourth-order valence-corrected chi connectivity index (χ4v) is 2.25. The van der Waals surface area contributed by atoms with E-state index in [-0.39, 0.29) is 5.68 Å². The van der Waals surface area contributed by atoms with Crippen molar-refractivity contribution in [3.8, 4) is 0 Å². The molecule has 0 amide bonds. The molecule has 0 fully saturated rings. The molecule has 0 atom stereocenters. The molecule has 58 valence electrons. The van der Waals surface area contributed by atoms with Gasteiger partial charge in [-0.3, -0.25) is 0 Å². The number of hydrogen-bond donors (Lipinski definition) is 0. The lowest BCUT2D eigenvalue weighted by atomic mass is 9.95. The third-order valence-corrected chi connectivity index (χ3v) is 2.82. The molecule has 3 heteroatoms. The van der Waals surface area contributed by atoms with E-state index in [1.165, 1.54) is 4.70 Å². The van der Waals surface area contributed by atoms with Crippen LogP contribution in [0.3, 0.4) is 0 Å². The van der Waals surface area contributed by atoms with Gasteiger partial charge >= 0.3 is 0 Å². The Morgan fingerprint density at radius 2 is 2.08 bits per heavy atom. The Morgan fingerprint density at radius 1 is 1.33 bits per heavy atom. The molecule has 2 rings (SSSR count). The lowest BCUT2D eigenvalue weighted by Gasteiger charge is -1.90. The number of carbonyl (C=O) groups is 1. The molecule has 0 aliphatic heterocycles. The summed E-state index contributed by atoms with van der Waals surface area (Å²) < 4.78 is 1.18. The van der Waals surface area contributed by atoms with Gasteiger partial charge in [-0.15, -0.1) is 11.3 Å². The smallest absolute Gasteiger partial charge is 0.193 e. The summed E-state index contributed by atoms with van der Waals surface area (Å²) in [5, 5.41) is 3.00. The molecule has 1 nitrogen and oxygen atoms in total. The number of carbonyl (C=O) groups excluding carboxylic acids is 1. The van der Waals surface area contributed by atoms with Gasteiger partial charge in [0.15, 0.2) is 7.85 Å². The summed E-state index contributed by atoms with van der Waals surface area (Å²) in [5.41, 5.74) is 0.989. The van der Waals surface area contributed by atoms with Crippen molar-refractivity contribution in [1.29, 1.82) is 0 Å². The largest absolute Gasteiger partial charge is 0.307 e. The number of fused-ring (bicyclic) bond motifs is 1. The Balaban J connectivity index is 2.79. The molecular formula is C9H7BOS. The zero-order valence-electron chi connectivity index (χ0n) is 6.70. The first-order chi connectivity index (χ1) is 5.79. The van der Waals surface area contributed by atoms with Crippen LogP contribution in [-0.4, -0.2) is 13.5 Å². The standard InChI is InChI=1S/C9H7BOS/c10-9(11)7-5-12-8-4-2-1-3-6(7)8/h1-5H,10H2. The summed E-state index contributed by atoms with van der Waals surface area (Å²) in [7, 11) is 1.61. The second kappa shape index (κ2) is 2.75. The van der Waals surface area contributed by atoms with Crippen LogP contribution in [-0.2, 0) is 0 Å². The minimum Gasteiger partial charge on any atom is -0.307 e. The second-order valence-electron chi connectivity index (χ2n) is 2.70. The van der Waals surface area contributed by atoms with Gasteiger partial charge in [0.2, 0.25) is 0 Å². The molecule has 0 unspecified atom stereocenters. The lowest BCUT2D eigenvalue weighted by Crippen LogP contribution is -1.94. The summed E-state index contributed by atoms with van der Waals surface area (Å²) in [4.78, 5) is 11.1. The quantitative estimate of drug-likeness (QED) is 0.601. The SMILES string of the molecule is BC(=O)c1csc2ccccc12. The molecule has 2 aromatic rings. The molecule has 1 heterocycles. The fraction of sp³-hybridized carbons (Fsp3) is 0. The van der Waals surface area contributed by atoms with E-state index in [1.807, 2.05) is 29.6 Å². The molecule has 12 heavy (non-hydrogen) atoms. The highest BCUT2D eigenvalue weighted by molar-refractivity contribution is 7.17. The molecule has 0 saturated carbocycles. The zero-order chi connectivity index (χ0) is 8.55. The monoisotopic (exact) mass is 174 g/mol. The van der Waals surface area contributed by atoms with Crippen molar-refractivity contribution < 1.29 is 4.79 Å². The molecule has 0 radical (unpaired) electrons. The van der Waals surface area contributed by atoms with E-state index in [4.69, 9.17) is 0 Å². The Morgan fingerprint density at radius 3 is 2.83 bits per heavy atom. The summed E-state index contributed by atoms with van der Waals surface area (Å²) in [6.45, 7) is 0. The maximum absolute atomic E-state index is 11.1. The van der Waals surface area contributed by atoms with E-state index in [0.29, 0.717) is 0 Å². The summed E-state index contributed by atoms with van der Waals surface area (Å²) >= 11 is 1.62. The van der Waals surface area contributed by atoms with Crippen LogP contribution >= 0.6 is 11.3 Å². The molecule has 0 saturated heterocycles. The number of benzene rings is 1. The molecule has 1 aromatic heterocycles. The van der Waals surface area contributed by atoms with E-state index in [2.05, 4.69) is 0 Å². The topological polar surface area (TPSA) is 17.1 Å². The van der Waals surface area contributed by atoms with Crippen LogP contribution in [0.5, 0.6) is 0 Å². The predicted molar refractivity (Wildman–Crippen MR) is 54.7 cm³/mol. The average Bonchev–Trinajstić information content (AvgIpc) is 2.47. The number of hydrogen-bond acceptors (Lipinski definition) is 2. The van der Waals surface area contributed by atoms with Crippen molar-refractivity contribution in [2.75, 3.05) is 0 Å². The van der Waals surface area contributed by atoms with E-state index in [1.54, 1.807) is 19.2 Å². The highest BCUT2D eigenvalue weighted by atomic mass is 32.1. The molecule has 0 aliphatic carbocycles. The van der Waals surface area contributed by atoms with Gasteiger partial charge < -0.3 is 4.79 Å².